The molecule has 0 aliphatic heterocycles. The molecular formula is C15H20F3N3. The van der Waals surface area contributed by atoms with Crippen LogP contribution < -0.4 is 5.32 Å². The number of hydrogen-bond acceptors (Lipinski definition) is 3. The molecule has 2 saturated carbocycles. The van der Waals surface area contributed by atoms with Gasteiger partial charge in [-0.15, -0.1) is 0 Å². The van der Waals surface area contributed by atoms with Crippen LogP contribution >= 0.6 is 0 Å². The lowest BCUT2D eigenvalue weighted by Gasteiger charge is -2.43. The molecular weight excluding hydrogens is 279 g/mol. The molecule has 1 heterocycles. The third-order valence-corrected chi connectivity index (χ3v) is 5.49. The fourth-order valence-corrected chi connectivity index (χ4v) is 4.38. The van der Waals surface area contributed by atoms with Crippen LogP contribution in [0, 0.1) is 16.7 Å². The summed E-state index contributed by atoms with van der Waals surface area (Å²) < 4.78 is 38.2. The number of nitrogens with one attached hydrogen (secondary N) is 1. The van der Waals surface area contributed by atoms with Gasteiger partial charge in [0.1, 0.15) is 5.69 Å². The molecule has 2 fully saturated rings. The Morgan fingerprint density at radius 3 is 2.57 bits per heavy atom. The van der Waals surface area contributed by atoms with Crippen molar-refractivity contribution in [3.63, 3.8) is 0 Å². The van der Waals surface area contributed by atoms with Crippen molar-refractivity contribution in [3.05, 3.63) is 18.0 Å². The van der Waals surface area contributed by atoms with E-state index in [2.05, 4.69) is 36.1 Å². The van der Waals surface area contributed by atoms with Crippen molar-refractivity contribution < 1.29 is 13.2 Å². The van der Waals surface area contributed by atoms with Crippen molar-refractivity contribution in [2.75, 3.05) is 5.32 Å². The van der Waals surface area contributed by atoms with Gasteiger partial charge >= 0.3 is 6.18 Å². The first-order valence-electron chi connectivity index (χ1n) is 7.30. The number of rotatable bonds is 2. The third kappa shape index (κ3) is 2.28. The van der Waals surface area contributed by atoms with E-state index < -0.39 is 11.9 Å². The number of halogens is 3. The van der Waals surface area contributed by atoms with Crippen LogP contribution in [0.4, 0.5) is 19.1 Å². The third-order valence-electron chi connectivity index (χ3n) is 5.49. The molecule has 1 aromatic rings. The summed E-state index contributed by atoms with van der Waals surface area (Å²) in [4.78, 5) is 7.61. The average Bonchev–Trinajstić information content (AvgIpc) is 2.85. The molecule has 2 aliphatic carbocycles. The number of fused-ring (bicyclic) bond motifs is 2. The number of aromatic nitrogens is 2. The Labute approximate surface area is 122 Å². The van der Waals surface area contributed by atoms with Crippen molar-refractivity contribution in [1.29, 1.82) is 0 Å². The zero-order valence-electron chi connectivity index (χ0n) is 12.5. The normalized spacial score (nSPS) is 34.2. The summed E-state index contributed by atoms with van der Waals surface area (Å²) in [6.45, 7) is 6.59. The Bertz CT molecular complexity index is 551. The Balaban J connectivity index is 1.87. The summed E-state index contributed by atoms with van der Waals surface area (Å²) in [7, 11) is 0. The van der Waals surface area contributed by atoms with Gasteiger partial charge in [0.05, 0.1) is 0 Å². The van der Waals surface area contributed by atoms with Crippen LogP contribution in [0.5, 0.6) is 0 Å². The van der Waals surface area contributed by atoms with Gasteiger partial charge in [0.2, 0.25) is 5.95 Å². The van der Waals surface area contributed by atoms with E-state index >= 15 is 0 Å². The summed E-state index contributed by atoms with van der Waals surface area (Å²) in [5.74, 6) is 0.697. The van der Waals surface area contributed by atoms with E-state index in [1.165, 1.54) is 12.6 Å². The van der Waals surface area contributed by atoms with E-state index in [1.54, 1.807) is 0 Å². The zero-order chi connectivity index (χ0) is 15.5. The number of hydrogen-bond donors (Lipinski definition) is 1. The molecule has 3 nitrogen and oxygen atoms in total. The highest BCUT2D eigenvalue weighted by atomic mass is 19.4. The predicted octanol–water partition coefficient (Wildman–Crippen LogP) is 4.12. The van der Waals surface area contributed by atoms with Gasteiger partial charge in [-0.25, -0.2) is 9.97 Å². The van der Waals surface area contributed by atoms with E-state index in [-0.39, 0.29) is 22.8 Å². The Morgan fingerprint density at radius 2 is 2.00 bits per heavy atom. The summed E-state index contributed by atoms with van der Waals surface area (Å²) in [5.41, 5.74) is -0.734. The fourth-order valence-electron chi connectivity index (χ4n) is 4.38. The molecule has 0 radical (unpaired) electrons. The first-order chi connectivity index (χ1) is 9.63. The van der Waals surface area contributed by atoms with Gasteiger partial charge in [0, 0.05) is 12.2 Å². The van der Waals surface area contributed by atoms with Gasteiger partial charge in [-0.3, -0.25) is 0 Å². The zero-order valence-corrected chi connectivity index (χ0v) is 12.5. The van der Waals surface area contributed by atoms with E-state index in [1.807, 2.05) is 0 Å². The number of anilines is 1. The maximum atomic E-state index is 12.7. The van der Waals surface area contributed by atoms with Crippen LogP contribution in [0.3, 0.4) is 0 Å². The van der Waals surface area contributed by atoms with Gasteiger partial charge in [0.15, 0.2) is 0 Å². The average molecular weight is 299 g/mol. The highest BCUT2D eigenvalue weighted by molar-refractivity contribution is 5.32. The van der Waals surface area contributed by atoms with Crippen LogP contribution in [0.15, 0.2) is 12.3 Å². The largest absolute Gasteiger partial charge is 0.433 e. The quantitative estimate of drug-likeness (QED) is 0.892. The van der Waals surface area contributed by atoms with Gasteiger partial charge < -0.3 is 5.32 Å². The van der Waals surface area contributed by atoms with Crippen molar-refractivity contribution in [3.8, 4) is 0 Å². The molecule has 2 bridgehead atoms. The van der Waals surface area contributed by atoms with E-state index in [0.717, 1.165) is 18.9 Å². The Hall–Kier alpha value is -1.33. The molecule has 21 heavy (non-hydrogen) atoms. The van der Waals surface area contributed by atoms with Crippen LogP contribution in [-0.2, 0) is 6.18 Å². The van der Waals surface area contributed by atoms with Gasteiger partial charge in [-0.05, 0) is 42.1 Å². The lowest BCUT2D eigenvalue weighted by molar-refractivity contribution is -0.141. The van der Waals surface area contributed by atoms with Gasteiger partial charge in [-0.1, -0.05) is 20.8 Å². The molecule has 1 aromatic heterocycles. The molecule has 3 atom stereocenters. The van der Waals surface area contributed by atoms with Crippen molar-refractivity contribution in [2.45, 2.75) is 52.3 Å². The highest BCUT2D eigenvalue weighted by Gasteiger charge is 2.59. The maximum Gasteiger partial charge on any atom is 0.433 e. The van der Waals surface area contributed by atoms with Crippen molar-refractivity contribution in [2.24, 2.45) is 16.7 Å². The summed E-state index contributed by atoms with van der Waals surface area (Å²) in [5, 5.41) is 3.19. The monoisotopic (exact) mass is 299 g/mol. The van der Waals surface area contributed by atoms with Crippen LogP contribution in [0.1, 0.15) is 45.7 Å². The summed E-state index contributed by atoms with van der Waals surface area (Å²) >= 11 is 0. The van der Waals surface area contributed by atoms with E-state index in [0.29, 0.717) is 5.92 Å². The van der Waals surface area contributed by atoms with Crippen LogP contribution in [0.25, 0.3) is 0 Å². The molecule has 0 aromatic carbocycles. The molecule has 2 aliphatic rings. The molecule has 0 amide bonds. The minimum absolute atomic E-state index is 0.0462. The topological polar surface area (TPSA) is 37.8 Å². The van der Waals surface area contributed by atoms with Gasteiger partial charge in [0.25, 0.3) is 0 Å². The van der Waals surface area contributed by atoms with Crippen LogP contribution in [0.2, 0.25) is 0 Å². The Kier molecular flexibility index (Phi) is 3.01. The fraction of sp³-hybridized carbons (Fsp3) is 0.733. The SMILES string of the molecule is CC12CCC(C1)C(C)(C)C2Nc1nccc(C(F)(F)F)n1. The minimum atomic E-state index is -4.44. The number of nitrogens with zero attached hydrogens (tertiary/aromatic N) is 2. The van der Waals surface area contributed by atoms with Crippen LogP contribution in [-0.4, -0.2) is 16.0 Å². The van der Waals surface area contributed by atoms with E-state index in [4.69, 9.17) is 0 Å². The standard InChI is InChI=1S/C15H20F3N3/c1-13(2)9-4-6-14(3,8-9)11(13)21-12-19-7-5-10(20-12)15(16,17)18/h5,7,9,11H,4,6,8H2,1-3H3,(H,19,20,21). The first kappa shape index (κ1) is 14.6. The second-order valence-electron chi connectivity index (χ2n) is 7.26. The smallest absolute Gasteiger partial charge is 0.350 e. The first-order valence-corrected chi connectivity index (χ1v) is 7.30. The molecule has 3 rings (SSSR count). The molecule has 6 heteroatoms. The molecule has 0 saturated heterocycles. The number of alkyl halides is 3. The van der Waals surface area contributed by atoms with Gasteiger partial charge in [-0.2, -0.15) is 13.2 Å². The van der Waals surface area contributed by atoms with E-state index in [9.17, 15) is 13.2 Å². The predicted molar refractivity (Wildman–Crippen MR) is 73.7 cm³/mol. The Morgan fingerprint density at radius 1 is 1.29 bits per heavy atom. The summed E-state index contributed by atoms with van der Waals surface area (Å²) in [6, 6.07) is 1.01. The maximum absolute atomic E-state index is 12.7. The minimum Gasteiger partial charge on any atom is -0.350 e. The van der Waals surface area contributed by atoms with Crippen molar-refractivity contribution in [1.82, 2.24) is 9.97 Å². The van der Waals surface area contributed by atoms with Crippen molar-refractivity contribution >= 4 is 5.95 Å². The molecule has 1 N–H and O–H groups in total. The molecule has 0 spiro atoms. The lowest BCUT2D eigenvalue weighted by atomic mass is 9.68. The summed E-state index contributed by atoms with van der Waals surface area (Å²) in [6.07, 6.45) is 0.160. The molecule has 3 unspecified atom stereocenters. The lowest BCUT2D eigenvalue weighted by Crippen LogP contribution is -2.46. The second kappa shape index (κ2) is 4.34. The molecule has 116 valence electrons. The second-order valence-corrected chi connectivity index (χ2v) is 7.26. The highest BCUT2D eigenvalue weighted by Crippen LogP contribution is 2.62.